The van der Waals surface area contributed by atoms with Crippen LogP contribution in [0.4, 0.5) is 0 Å². The first-order valence-electron chi connectivity index (χ1n) is 8.32. The van der Waals surface area contributed by atoms with Gasteiger partial charge < -0.3 is 10.1 Å². The van der Waals surface area contributed by atoms with E-state index in [9.17, 15) is 4.79 Å². The van der Waals surface area contributed by atoms with E-state index in [1.54, 1.807) is 12.4 Å². The van der Waals surface area contributed by atoms with Gasteiger partial charge in [0.2, 0.25) is 5.91 Å². The normalized spacial score (nSPS) is 14.8. The fourth-order valence-electron chi connectivity index (χ4n) is 2.76. The number of amides is 1. The smallest absolute Gasteiger partial charge is 0.316 e. The summed E-state index contributed by atoms with van der Waals surface area (Å²) in [6.07, 6.45) is 7.27. The number of hydrogen-bond acceptors (Lipinski definition) is 4. The molecule has 0 bridgehead atoms. The molecular formula is C19H23N3O2. The van der Waals surface area contributed by atoms with Gasteiger partial charge >= 0.3 is 6.01 Å². The highest BCUT2D eigenvalue weighted by Crippen LogP contribution is 2.26. The maximum atomic E-state index is 11.3. The maximum Gasteiger partial charge on any atom is 0.316 e. The van der Waals surface area contributed by atoms with Gasteiger partial charge in [0.15, 0.2) is 0 Å². The number of nitrogens with one attached hydrogen (secondary N) is 1. The van der Waals surface area contributed by atoms with Gasteiger partial charge in [-0.1, -0.05) is 24.3 Å². The summed E-state index contributed by atoms with van der Waals surface area (Å²) >= 11 is 0. The Kier molecular flexibility index (Phi) is 4.51. The highest BCUT2D eigenvalue weighted by molar-refractivity contribution is 5.74. The largest absolute Gasteiger partial charge is 0.460 e. The minimum Gasteiger partial charge on any atom is -0.460 e. The lowest BCUT2D eigenvalue weighted by Gasteiger charge is -2.26. The molecule has 1 amide bonds. The van der Waals surface area contributed by atoms with Crippen molar-refractivity contribution in [2.45, 2.75) is 51.7 Å². The Morgan fingerprint density at radius 2 is 1.75 bits per heavy atom. The fraction of sp³-hybridized carbons (Fsp3) is 0.421. The molecule has 1 fully saturated rings. The van der Waals surface area contributed by atoms with Gasteiger partial charge in [0.25, 0.3) is 0 Å². The van der Waals surface area contributed by atoms with Crippen molar-refractivity contribution in [3.63, 3.8) is 0 Å². The SMILES string of the molecule is CC(=O)NC(C)(C)c1ccc(-c2cnc(OC3CCC3)nc2)cc1. The molecule has 5 nitrogen and oxygen atoms in total. The highest BCUT2D eigenvalue weighted by Gasteiger charge is 2.21. The Morgan fingerprint density at radius 3 is 2.25 bits per heavy atom. The molecule has 1 saturated carbocycles. The summed E-state index contributed by atoms with van der Waals surface area (Å²) in [5.74, 6) is -0.0421. The Labute approximate surface area is 142 Å². The van der Waals surface area contributed by atoms with E-state index in [0.717, 1.165) is 29.5 Å². The number of hydrogen-bond donors (Lipinski definition) is 1. The first kappa shape index (κ1) is 16.4. The average molecular weight is 325 g/mol. The van der Waals surface area contributed by atoms with Crippen molar-refractivity contribution in [1.29, 1.82) is 0 Å². The van der Waals surface area contributed by atoms with Gasteiger partial charge in [-0.2, -0.15) is 0 Å². The van der Waals surface area contributed by atoms with E-state index in [0.29, 0.717) is 6.01 Å². The second kappa shape index (κ2) is 6.59. The molecule has 2 aromatic rings. The molecular weight excluding hydrogens is 302 g/mol. The lowest BCUT2D eigenvalue weighted by Crippen LogP contribution is -2.39. The molecule has 5 heteroatoms. The summed E-state index contributed by atoms with van der Waals surface area (Å²) in [6.45, 7) is 5.50. The van der Waals surface area contributed by atoms with Gasteiger partial charge in [-0.15, -0.1) is 0 Å². The molecule has 3 rings (SSSR count). The summed E-state index contributed by atoms with van der Waals surface area (Å²) in [5, 5.41) is 2.95. The molecule has 1 aliphatic carbocycles. The predicted molar refractivity (Wildman–Crippen MR) is 92.6 cm³/mol. The molecule has 24 heavy (non-hydrogen) atoms. The minimum absolute atomic E-state index is 0.0421. The molecule has 1 N–H and O–H groups in total. The van der Waals surface area contributed by atoms with Crippen LogP contribution in [0.3, 0.4) is 0 Å². The third-order valence-corrected chi connectivity index (χ3v) is 4.38. The zero-order chi connectivity index (χ0) is 17.2. The number of benzene rings is 1. The van der Waals surface area contributed by atoms with Crippen LogP contribution in [0.25, 0.3) is 11.1 Å². The second-order valence-corrected chi connectivity index (χ2v) is 6.81. The third kappa shape index (κ3) is 3.72. The van der Waals surface area contributed by atoms with E-state index < -0.39 is 5.54 Å². The van der Waals surface area contributed by atoms with Crippen molar-refractivity contribution in [2.75, 3.05) is 0 Å². The van der Waals surface area contributed by atoms with Gasteiger partial charge in [0.05, 0.1) is 5.54 Å². The first-order valence-corrected chi connectivity index (χ1v) is 8.32. The molecule has 126 valence electrons. The van der Waals surface area contributed by atoms with E-state index in [2.05, 4.69) is 15.3 Å². The van der Waals surface area contributed by atoms with E-state index in [-0.39, 0.29) is 12.0 Å². The molecule has 1 heterocycles. The Bertz CT molecular complexity index is 704. The first-order chi connectivity index (χ1) is 11.4. The lowest BCUT2D eigenvalue weighted by molar-refractivity contribution is -0.120. The molecule has 0 saturated heterocycles. The fourth-order valence-corrected chi connectivity index (χ4v) is 2.76. The number of carbonyl (C=O) groups is 1. The summed E-state index contributed by atoms with van der Waals surface area (Å²) in [4.78, 5) is 19.9. The van der Waals surface area contributed by atoms with E-state index in [1.807, 2.05) is 38.1 Å². The molecule has 1 aromatic carbocycles. The minimum atomic E-state index is -0.401. The van der Waals surface area contributed by atoms with E-state index in [1.165, 1.54) is 13.3 Å². The van der Waals surface area contributed by atoms with Crippen LogP contribution in [-0.4, -0.2) is 22.0 Å². The van der Waals surface area contributed by atoms with Gasteiger partial charge in [0.1, 0.15) is 6.10 Å². The van der Waals surface area contributed by atoms with Crippen LogP contribution < -0.4 is 10.1 Å². The number of carbonyl (C=O) groups excluding carboxylic acids is 1. The van der Waals surface area contributed by atoms with Crippen LogP contribution in [-0.2, 0) is 10.3 Å². The van der Waals surface area contributed by atoms with Crippen molar-refractivity contribution in [2.24, 2.45) is 0 Å². The van der Waals surface area contributed by atoms with Crippen molar-refractivity contribution in [3.05, 3.63) is 42.2 Å². The molecule has 0 spiro atoms. The van der Waals surface area contributed by atoms with Gasteiger partial charge in [0, 0.05) is 24.9 Å². The van der Waals surface area contributed by atoms with Gasteiger partial charge in [-0.3, -0.25) is 4.79 Å². The van der Waals surface area contributed by atoms with Crippen molar-refractivity contribution >= 4 is 5.91 Å². The third-order valence-electron chi connectivity index (χ3n) is 4.38. The highest BCUT2D eigenvalue weighted by atomic mass is 16.5. The standard InChI is InChI=1S/C19H23N3O2/c1-13(23)22-19(2,3)16-9-7-14(8-10-16)15-11-20-18(21-12-15)24-17-5-4-6-17/h7-12,17H,4-6H2,1-3H3,(H,22,23). The molecule has 0 atom stereocenters. The summed E-state index contributed by atoms with van der Waals surface area (Å²) in [7, 11) is 0. The van der Waals surface area contributed by atoms with Gasteiger partial charge in [-0.25, -0.2) is 9.97 Å². The number of rotatable bonds is 5. The van der Waals surface area contributed by atoms with Crippen molar-refractivity contribution in [3.8, 4) is 17.1 Å². The number of ether oxygens (including phenoxy) is 1. The Hall–Kier alpha value is -2.43. The van der Waals surface area contributed by atoms with Crippen LogP contribution in [0.15, 0.2) is 36.7 Å². The second-order valence-electron chi connectivity index (χ2n) is 6.81. The predicted octanol–water partition coefficient (Wildman–Crippen LogP) is 3.45. The number of nitrogens with zero attached hydrogens (tertiary/aromatic N) is 2. The molecule has 1 aliphatic rings. The number of aromatic nitrogens is 2. The van der Waals surface area contributed by atoms with E-state index in [4.69, 9.17) is 4.74 Å². The van der Waals surface area contributed by atoms with E-state index >= 15 is 0 Å². The quantitative estimate of drug-likeness (QED) is 0.914. The Balaban J connectivity index is 1.71. The zero-order valence-corrected chi connectivity index (χ0v) is 14.4. The Morgan fingerprint density at radius 1 is 1.12 bits per heavy atom. The molecule has 0 unspecified atom stereocenters. The van der Waals surface area contributed by atoms with Crippen LogP contribution >= 0.6 is 0 Å². The maximum absolute atomic E-state index is 11.3. The van der Waals surface area contributed by atoms with Crippen LogP contribution in [0.1, 0.15) is 45.6 Å². The summed E-state index contributed by atoms with van der Waals surface area (Å²) in [6, 6.07) is 8.52. The van der Waals surface area contributed by atoms with Crippen molar-refractivity contribution in [1.82, 2.24) is 15.3 Å². The lowest BCUT2D eigenvalue weighted by atomic mass is 9.92. The monoisotopic (exact) mass is 325 g/mol. The van der Waals surface area contributed by atoms with Crippen LogP contribution in [0.2, 0.25) is 0 Å². The average Bonchev–Trinajstić information content (AvgIpc) is 2.50. The molecule has 0 aliphatic heterocycles. The van der Waals surface area contributed by atoms with Gasteiger partial charge in [-0.05, 0) is 44.2 Å². The van der Waals surface area contributed by atoms with Crippen molar-refractivity contribution < 1.29 is 9.53 Å². The van der Waals surface area contributed by atoms with Crippen LogP contribution in [0.5, 0.6) is 6.01 Å². The molecule has 1 aromatic heterocycles. The summed E-state index contributed by atoms with van der Waals surface area (Å²) < 4.78 is 5.68. The topological polar surface area (TPSA) is 64.1 Å². The zero-order valence-electron chi connectivity index (χ0n) is 14.4. The van der Waals surface area contributed by atoms with Crippen LogP contribution in [0, 0.1) is 0 Å². The molecule has 0 radical (unpaired) electrons. The summed E-state index contributed by atoms with van der Waals surface area (Å²) in [5.41, 5.74) is 2.63.